The van der Waals surface area contributed by atoms with Crippen molar-refractivity contribution < 1.29 is 8.83 Å². The zero-order valence-corrected chi connectivity index (χ0v) is 50.8. The second-order valence-electron chi connectivity index (χ2n) is 24.4. The van der Waals surface area contributed by atoms with E-state index in [9.17, 15) is 0 Å². The minimum Gasteiger partial charge on any atom is -0.456 e. The van der Waals surface area contributed by atoms with Gasteiger partial charge in [0.25, 0.3) is 0 Å². The van der Waals surface area contributed by atoms with Gasteiger partial charge in [0.2, 0.25) is 0 Å². The smallest absolute Gasteiger partial charge is 0.135 e. The number of hydrogen-bond donors (Lipinski definition) is 0. The molecule has 0 atom stereocenters. The highest BCUT2D eigenvalue weighted by atomic mass is 16.3. The van der Waals surface area contributed by atoms with Crippen molar-refractivity contribution in [3.05, 3.63) is 362 Å². The van der Waals surface area contributed by atoms with E-state index in [0.29, 0.717) is 0 Å². The molecule has 3 heterocycles. The van der Waals surface area contributed by atoms with Crippen LogP contribution in [0.3, 0.4) is 0 Å². The molecule has 4 nitrogen and oxygen atoms in total. The summed E-state index contributed by atoms with van der Waals surface area (Å²) in [7, 11) is 0. The average Bonchev–Trinajstić information content (AvgIpc) is 1.54. The van der Waals surface area contributed by atoms with Gasteiger partial charge in [0, 0.05) is 55.1 Å². The minimum atomic E-state index is -0.926. The number of furan rings is 2. The molecule has 0 spiro atoms. The van der Waals surface area contributed by atoms with E-state index in [1.807, 2.05) is 12.2 Å². The Hall–Kier alpha value is -12.2. The molecular formula is C89H58N2O2. The molecule has 0 saturated heterocycles. The van der Waals surface area contributed by atoms with Gasteiger partial charge in [-0.15, -0.1) is 0 Å². The Bertz CT molecular complexity index is 5510. The predicted molar refractivity (Wildman–Crippen MR) is 389 cm³/mol. The Morgan fingerprint density at radius 2 is 0.677 bits per heavy atom. The molecule has 436 valence electrons. The van der Waals surface area contributed by atoms with Crippen molar-refractivity contribution in [2.45, 2.75) is 5.41 Å². The molecule has 3 aromatic heterocycles. The quantitative estimate of drug-likeness (QED) is 0.122. The first-order valence-corrected chi connectivity index (χ1v) is 31.7. The van der Waals surface area contributed by atoms with E-state index in [2.05, 4.69) is 338 Å². The Balaban J connectivity index is 0.912. The van der Waals surface area contributed by atoms with Gasteiger partial charge in [-0.3, -0.25) is 0 Å². The van der Waals surface area contributed by atoms with Crippen LogP contribution >= 0.6 is 0 Å². The molecule has 0 bridgehead atoms. The second-order valence-corrected chi connectivity index (χ2v) is 24.4. The second kappa shape index (κ2) is 21.5. The molecule has 4 heteroatoms. The SMILES string of the molecule is C=Cc1ccc(-c2ccc3c(c2)c2cc(-c4ccc(C=C)cc4)ccc2n3-c2ccc3c(c2)C(c2ccc4oc5ccccc5c4c2)(c2ccc4oc5ccccc5c4c2)c2cc(N(c4ccc(-c5ccccc5)cc4)c4ccc(-c5ccccc5)cc4)ccc2-3)cc1. The van der Waals surface area contributed by atoms with Crippen LogP contribution < -0.4 is 4.90 Å². The average molecular weight is 1190 g/mol. The monoisotopic (exact) mass is 1190 g/mol. The van der Waals surface area contributed by atoms with Crippen LogP contribution in [0, 0.1) is 0 Å². The van der Waals surface area contributed by atoms with Crippen LogP contribution in [0.4, 0.5) is 17.1 Å². The summed E-state index contributed by atoms with van der Waals surface area (Å²) in [6.07, 6.45) is 3.80. The Morgan fingerprint density at radius 3 is 1.16 bits per heavy atom. The summed E-state index contributed by atoms with van der Waals surface area (Å²) >= 11 is 0. The van der Waals surface area contributed by atoms with Crippen LogP contribution in [0.25, 0.3) is 139 Å². The highest BCUT2D eigenvalue weighted by molar-refractivity contribution is 6.12. The summed E-state index contributed by atoms with van der Waals surface area (Å²) < 4.78 is 15.8. The summed E-state index contributed by atoms with van der Waals surface area (Å²) in [5, 5.41) is 6.60. The van der Waals surface area contributed by atoms with Crippen LogP contribution in [0.5, 0.6) is 0 Å². The summed E-state index contributed by atoms with van der Waals surface area (Å²) in [5.41, 5.74) is 27.2. The van der Waals surface area contributed by atoms with E-state index in [1.54, 1.807) is 0 Å². The van der Waals surface area contributed by atoms with E-state index in [-0.39, 0.29) is 0 Å². The van der Waals surface area contributed by atoms with E-state index >= 15 is 0 Å². The molecule has 17 aromatic rings. The number of anilines is 3. The lowest BCUT2D eigenvalue weighted by Crippen LogP contribution is -2.29. The lowest BCUT2D eigenvalue weighted by atomic mass is 9.67. The Labute approximate surface area is 538 Å². The van der Waals surface area contributed by atoms with Gasteiger partial charge in [0.15, 0.2) is 0 Å². The first-order valence-electron chi connectivity index (χ1n) is 31.7. The molecule has 93 heavy (non-hydrogen) atoms. The number of para-hydroxylation sites is 2. The third kappa shape index (κ3) is 8.68. The zero-order chi connectivity index (χ0) is 61.7. The molecule has 0 N–H and O–H groups in total. The van der Waals surface area contributed by atoms with Crippen molar-refractivity contribution in [3.8, 4) is 61.3 Å². The topological polar surface area (TPSA) is 34.5 Å². The first-order chi connectivity index (χ1) is 45.9. The largest absolute Gasteiger partial charge is 0.456 e. The molecule has 18 rings (SSSR count). The van der Waals surface area contributed by atoms with Crippen LogP contribution in [0.1, 0.15) is 33.4 Å². The lowest BCUT2D eigenvalue weighted by molar-refractivity contribution is 0.667. The first kappa shape index (κ1) is 53.8. The normalized spacial score (nSPS) is 12.5. The number of rotatable bonds is 12. The van der Waals surface area contributed by atoms with E-state index in [1.165, 1.54) is 33.0 Å². The maximum Gasteiger partial charge on any atom is 0.135 e. The molecule has 0 saturated carbocycles. The number of nitrogens with zero attached hydrogens (tertiary/aromatic N) is 2. The summed E-state index contributed by atoms with van der Waals surface area (Å²) in [6.45, 7) is 8.08. The molecule has 14 aromatic carbocycles. The van der Waals surface area contributed by atoms with Crippen LogP contribution in [0.2, 0.25) is 0 Å². The highest BCUT2D eigenvalue weighted by Crippen LogP contribution is 2.59. The number of hydrogen-bond acceptors (Lipinski definition) is 3. The fourth-order valence-electron chi connectivity index (χ4n) is 14.9. The van der Waals surface area contributed by atoms with E-state index < -0.39 is 5.41 Å². The van der Waals surface area contributed by atoms with Crippen LogP contribution in [-0.4, -0.2) is 4.57 Å². The summed E-state index contributed by atoms with van der Waals surface area (Å²) in [6, 6.07) is 116. The third-order valence-corrected chi connectivity index (χ3v) is 19.4. The van der Waals surface area contributed by atoms with Gasteiger partial charge in [-0.2, -0.15) is 0 Å². The van der Waals surface area contributed by atoms with Crippen molar-refractivity contribution in [3.63, 3.8) is 0 Å². The van der Waals surface area contributed by atoms with Crippen molar-refractivity contribution in [2.24, 2.45) is 0 Å². The Kier molecular flexibility index (Phi) is 12.4. The lowest BCUT2D eigenvalue weighted by Gasteiger charge is -2.35. The fraction of sp³-hybridized carbons (Fsp3) is 0.0112. The number of fused-ring (bicyclic) bond motifs is 12. The maximum atomic E-state index is 6.68. The Morgan fingerprint density at radius 1 is 0.290 bits per heavy atom. The van der Waals surface area contributed by atoms with Crippen molar-refractivity contribution in [1.82, 2.24) is 4.57 Å². The summed E-state index contributed by atoms with van der Waals surface area (Å²) in [4.78, 5) is 2.42. The van der Waals surface area contributed by atoms with Gasteiger partial charge in [0.05, 0.1) is 16.4 Å². The molecule has 0 radical (unpaired) electrons. The van der Waals surface area contributed by atoms with Crippen molar-refractivity contribution in [1.29, 1.82) is 0 Å². The fourth-order valence-corrected chi connectivity index (χ4v) is 14.9. The third-order valence-electron chi connectivity index (χ3n) is 19.4. The van der Waals surface area contributed by atoms with Gasteiger partial charge in [0.1, 0.15) is 22.3 Å². The molecule has 1 aliphatic carbocycles. The number of benzene rings is 14. The highest BCUT2D eigenvalue weighted by Gasteiger charge is 2.47. The van der Waals surface area contributed by atoms with E-state index in [0.717, 1.165) is 144 Å². The van der Waals surface area contributed by atoms with Gasteiger partial charge in [-0.1, -0.05) is 232 Å². The van der Waals surface area contributed by atoms with Crippen molar-refractivity contribution in [2.75, 3.05) is 4.90 Å². The van der Waals surface area contributed by atoms with Gasteiger partial charge in [-0.05, 0) is 198 Å². The maximum absolute atomic E-state index is 6.68. The predicted octanol–water partition coefficient (Wildman–Crippen LogP) is 24.4. The van der Waals surface area contributed by atoms with Crippen LogP contribution in [-0.2, 0) is 5.41 Å². The molecule has 0 amide bonds. The van der Waals surface area contributed by atoms with Gasteiger partial charge in [-0.25, -0.2) is 0 Å². The molecule has 0 unspecified atom stereocenters. The van der Waals surface area contributed by atoms with Crippen LogP contribution in [0.15, 0.2) is 337 Å². The molecule has 0 fully saturated rings. The standard InChI is InChI=1S/C89H58N2O2/c1-3-57-23-27-63(28-24-57)65-35-47-83-77(51-65)78-52-66(64-29-25-58(4-2)26-30-64)36-48-84(78)91(83)72-44-46-74-73-45-43-71(90(69-39-31-61(32-40-69)59-15-7-5-8-16-59)70-41-33-62(34-42-70)60-17-9-6-10-18-60)55-81(73)89(82(74)56-72,67-37-49-87-79(53-67)75-19-11-13-21-85(75)92-87)68-38-50-88-80(54-68)76-20-12-14-22-86(76)93-88/h3-56H,1-2H2. The zero-order valence-electron chi connectivity index (χ0n) is 50.8. The molecule has 0 aliphatic heterocycles. The van der Waals surface area contributed by atoms with E-state index in [4.69, 9.17) is 8.83 Å². The molecule has 1 aliphatic rings. The molecular weight excluding hydrogens is 1130 g/mol. The van der Waals surface area contributed by atoms with Gasteiger partial charge < -0.3 is 18.3 Å². The number of aromatic nitrogens is 1. The van der Waals surface area contributed by atoms with Gasteiger partial charge >= 0.3 is 0 Å². The minimum absolute atomic E-state index is 0.841. The van der Waals surface area contributed by atoms with Crippen molar-refractivity contribution >= 4 is 94.9 Å². The summed E-state index contributed by atoms with van der Waals surface area (Å²) in [5.74, 6) is 0.